The van der Waals surface area contributed by atoms with E-state index >= 15 is 0 Å². The number of pyridine rings is 1. The molecule has 2 amide bonds. The van der Waals surface area contributed by atoms with E-state index in [2.05, 4.69) is 30.8 Å². The van der Waals surface area contributed by atoms with Crippen LogP contribution in [0.15, 0.2) is 36.5 Å². The van der Waals surface area contributed by atoms with Gasteiger partial charge in [-0.2, -0.15) is 0 Å². The largest absolute Gasteiger partial charge is 0.379 e. The lowest BCUT2D eigenvalue weighted by molar-refractivity contribution is -0.110. The average molecular weight is 525 g/mol. The number of nitrogens with zero attached hydrogens (tertiary/aromatic N) is 2. The molecule has 2 aliphatic heterocycles. The zero-order valence-electron chi connectivity index (χ0n) is 20.2. The first-order chi connectivity index (χ1) is 17.9. The maximum absolute atomic E-state index is 13.6. The van der Waals surface area contributed by atoms with Crippen LogP contribution in [-0.4, -0.2) is 66.1 Å². The van der Waals surface area contributed by atoms with Crippen molar-refractivity contribution in [3.05, 3.63) is 69.9 Å². The van der Waals surface area contributed by atoms with Gasteiger partial charge in [-0.25, -0.2) is 9.37 Å². The number of rotatable bonds is 7. The SMILES string of the molecule is Cc1cc(C(=O)NCCN2CCOCC2)[nH]c1/C=C1\C(=O)Nc2nccc(Nc3ccc(F)c(Cl)c3)c21. The Morgan fingerprint density at radius 2 is 2.08 bits per heavy atom. The molecule has 0 aliphatic carbocycles. The molecule has 192 valence electrons. The van der Waals surface area contributed by atoms with Crippen LogP contribution in [0.5, 0.6) is 0 Å². The van der Waals surface area contributed by atoms with Gasteiger partial charge in [-0.15, -0.1) is 0 Å². The molecule has 0 saturated carbocycles. The van der Waals surface area contributed by atoms with Crippen molar-refractivity contribution in [3.8, 4) is 0 Å². The monoisotopic (exact) mass is 524 g/mol. The zero-order valence-corrected chi connectivity index (χ0v) is 20.9. The minimum absolute atomic E-state index is 0.0153. The minimum Gasteiger partial charge on any atom is -0.379 e. The highest BCUT2D eigenvalue weighted by molar-refractivity contribution is 6.36. The van der Waals surface area contributed by atoms with Gasteiger partial charge in [0.25, 0.3) is 11.8 Å². The minimum atomic E-state index is -0.521. The number of H-pyrrole nitrogens is 1. The molecule has 1 fully saturated rings. The van der Waals surface area contributed by atoms with Gasteiger partial charge < -0.3 is 25.7 Å². The summed E-state index contributed by atoms with van der Waals surface area (Å²) in [4.78, 5) is 35.2. The second-order valence-electron chi connectivity index (χ2n) is 8.84. The molecule has 0 spiro atoms. The van der Waals surface area contributed by atoms with Gasteiger partial charge >= 0.3 is 0 Å². The van der Waals surface area contributed by atoms with Gasteiger partial charge in [-0.05, 0) is 48.9 Å². The predicted octanol–water partition coefficient (Wildman–Crippen LogP) is 3.81. The molecule has 5 rings (SSSR count). The Labute approximate surface area is 218 Å². The fourth-order valence-electron chi connectivity index (χ4n) is 4.33. The van der Waals surface area contributed by atoms with Gasteiger partial charge in [-0.3, -0.25) is 14.5 Å². The van der Waals surface area contributed by atoms with Crippen LogP contribution >= 0.6 is 11.6 Å². The van der Waals surface area contributed by atoms with Crippen LogP contribution in [0.25, 0.3) is 11.6 Å². The summed E-state index contributed by atoms with van der Waals surface area (Å²) in [5, 5.41) is 8.88. The second-order valence-corrected chi connectivity index (χ2v) is 9.24. The molecule has 2 aromatic heterocycles. The number of aromatic nitrogens is 2. The van der Waals surface area contributed by atoms with Gasteiger partial charge in [0.05, 0.1) is 35.1 Å². The smallest absolute Gasteiger partial charge is 0.267 e. The van der Waals surface area contributed by atoms with Crippen LogP contribution in [0.3, 0.4) is 0 Å². The van der Waals surface area contributed by atoms with E-state index in [1.165, 1.54) is 12.1 Å². The molecule has 0 atom stereocenters. The number of hydrogen-bond donors (Lipinski definition) is 4. The molecule has 2 aliphatic rings. The Morgan fingerprint density at radius 1 is 1.27 bits per heavy atom. The van der Waals surface area contributed by atoms with E-state index in [1.54, 1.807) is 30.5 Å². The van der Waals surface area contributed by atoms with Crippen LogP contribution in [0.2, 0.25) is 5.02 Å². The molecule has 37 heavy (non-hydrogen) atoms. The first-order valence-electron chi connectivity index (χ1n) is 11.9. The third-order valence-corrected chi connectivity index (χ3v) is 6.59. The lowest BCUT2D eigenvalue weighted by Crippen LogP contribution is -2.41. The van der Waals surface area contributed by atoms with Crippen LogP contribution in [-0.2, 0) is 9.53 Å². The number of fused-ring (bicyclic) bond motifs is 1. The standard InChI is InChI=1S/C26H26ClFN6O3/c1-15-12-22(26(36)30-6-7-34-8-10-37-11-9-34)32-21(15)14-17-23-20(4-5-29-24(23)33-25(17)35)31-16-2-3-19(28)18(27)13-16/h2-5,12-14,32H,6-11H2,1H3,(H,30,36)(H2,29,31,33,35)/b17-14-. The van der Waals surface area contributed by atoms with Crippen molar-refractivity contribution >= 4 is 52.3 Å². The number of carbonyl (C=O) groups excluding carboxylic acids is 2. The summed E-state index contributed by atoms with van der Waals surface area (Å²) >= 11 is 5.92. The Morgan fingerprint density at radius 3 is 2.86 bits per heavy atom. The van der Waals surface area contributed by atoms with Crippen molar-refractivity contribution in [3.63, 3.8) is 0 Å². The highest BCUT2D eigenvalue weighted by Crippen LogP contribution is 2.38. The lowest BCUT2D eigenvalue weighted by Gasteiger charge is -2.26. The number of aryl methyl sites for hydroxylation is 1. The van der Waals surface area contributed by atoms with E-state index in [9.17, 15) is 14.0 Å². The molecule has 0 radical (unpaired) electrons. The second kappa shape index (κ2) is 10.7. The van der Waals surface area contributed by atoms with Crippen molar-refractivity contribution < 1.29 is 18.7 Å². The Kier molecular flexibility index (Phi) is 7.22. The number of halogens is 2. The molecular formula is C26H26ClFN6O3. The third kappa shape index (κ3) is 5.51. The third-order valence-electron chi connectivity index (χ3n) is 6.30. The fourth-order valence-corrected chi connectivity index (χ4v) is 4.51. The summed E-state index contributed by atoms with van der Waals surface area (Å²) in [7, 11) is 0. The number of anilines is 3. The van der Waals surface area contributed by atoms with E-state index in [-0.39, 0.29) is 16.8 Å². The summed E-state index contributed by atoms with van der Waals surface area (Å²) < 4.78 is 18.9. The summed E-state index contributed by atoms with van der Waals surface area (Å²) in [5.41, 5.74) is 3.97. The topological polar surface area (TPSA) is 111 Å². The highest BCUT2D eigenvalue weighted by atomic mass is 35.5. The maximum atomic E-state index is 13.6. The van der Waals surface area contributed by atoms with Crippen LogP contribution in [0.1, 0.15) is 27.3 Å². The molecule has 11 heteroatoms. The molecule has 4 heterocycles. The van der Waals surface area contributed by atoms with Gasteiger partial charge in [0, 0.05) is 43.8 Å². The number of ether oxygens (including phenoxy) is 1. The molecular weight excluding hydrogens is 499 g/mol. The van der Waals surface area contributed by atoms with Gasteiger partial charge in [0.15, 0.2) is 0 Å². The molecule has 3 aromatic rings. The highest BCUT2D eigenvalue weighted by Gasteiger charge is 2.29. The summed E-state index contributed by atoms with van der Waals surface area (Å²) in [5.74, 6) is -0.651. The fraction of sp³-hybridized carbons (Fsp3) is 0.269. The van der Waals surface area contributed by atoms with Gasteiger partial charge in [0.2, 0.25) is 0 Å². The van der Waals surface area contributed by atoms with Gasteiger partial charge in [0.1, 0.15) is 17.3 Å². The molecule has 0 bridgehead atoms. The summed E-state index contributed by atoms with van der Waals surface area (Å²) in [6.07, 6.45) is 3.26. The normalized spacial score (nSPS) is 16.5. The Balaban J connectivity index is 1.35. The quantitative estimate of drug-likeness (QED) is 0.350. The van der Waals surface area contributed by atoms with Crippen molar-refractivity contribution in [1.29, 1.82) is 0 Å². The lowest BCUT2D eigenvalue weighted by atomic mass is 10.0. The maximum Gasteiger partial charge on any atom is 0.267 e. The number of hydrogen-bond acceptors (Lipinski definition) is 6. The molecule has 1 aromatic carbocycles. The van der Waals surface area contributed by atoms with Crippen molar-refractivity contribution in [2.75, 3.05) is 50.0 Å². The molecule has 4 N–H and O–H groups in total. The number of nitrogens with one attached hydrogen (secondary N) is 4. The van der Waals surface area contributed by atoms with Gasteiger partial charge in [-0.1, -0.05) is 11.6 Å². The summed E-state index contributed by atoms with van der Waals surface area (Å²) in [6.45, 7) is 6.29. The number of aromatic amines is 1. The average Bonchev–Trinajstić information content (AvgIpc) is 3.42. The molecule has 0 unspecified atom stereocenters. The number of benzene rings is 1. The number of carbonyl (C=O) groups is 2. The van der Waals surface area contributed by atoms with E-state index in [0.717, 1.165) is 25.2 Å². The van der Waals surface area contributed by atoms with E-state index < -0.39 is 5.82 Å². The predicted molar refractivity (Wildman–Crippen MR) is 141 cm³/mol. The number of amides is 2. The van der Waals surface area contributed by atoms with E-state index in [1.807, 2.05) is 6.92 Å². The van der Waals surface area contributed by atoms with E-state index in [0.29, 0.717) is 59.5 Å². The first-order valence-corrected chi connectivity index (χ1v) is 12.3. The number of morpholine rings is 1. The van der Waals surface area contributed by atoms with Crippen molar-refractivity contribution in [2.24, 2.45) is 0 Å². The Hall–Kier alpha value is -3.73. The summed E-state index contributed by atoms with van der Waals surface area (Å²) in [6, 6.07) is 7.77. The first kappa shape index (κ1) is 24.9. The van der Waals surface area contributed by atoms with Crippen LogP contribution in [0.4, 0.5) is 21.6 Å². The van der Waals surface area contributed by atoms with Crippen LogP contribution < -0.4 is 16.0 Å². The van der Waals surface area contributed by atoms with Crippen LogP contribution in [0, 0.1) is 12.7 Å². The van der Waals surface area contributed by atoms with Crippen molar-refractivity contribution in [2.45, 2.75) is 6.92 Å². The molecule has 1 saturated heterocycles. The van der Waals surface area contributed by atoms with E-state index in [4.69, 9.17) is 16.3 Å². The van der Waals surface area contributed by atoms with Crippen molar-refractivity contribution in [1.82, 2.24) is 20.2 Å². The Bertz CT molecular complexity index is 1380. The molecule has 9 nitrogen and oxygen atoms in total. The zero-order chi connectivity index (χ0) is 25.9.